The summed E-state index contributed by atoms with van der Waals surface area (Å²) in [6.07, 6.45) is 8.61. The first-order valence-electron chi connectivity index (χ1n) is 11.4. The molecule has 1 unspecified atom stereocenters. The van der Waals surface area contributed by atoms with Crippen molar-refractivity contribution < 1.29 is 29.1 Å². The molecular formula is C28H20N4O4+2. The van der Waals surface area contributed by atoms with E-state index in [-0.39, 0.29) is 23.1 Å². The molecule has 2 aliphatic rings. The Morgan fingerprint density at radius 1 is 1.03 bits per heavy atom. The molecule has 0 saturated carbocycles. The molecule has 0 spiro atoms. The number of para-hydroxylation sites is 2. The van der Waals surface area contributed by atoms with Gasteiger partial charge in [0.2, 0.25) is 5.69 Å². The Bertz CT molecular complexity index is 1680. The van der Waals surface area contributed by atoms with Gasteiger partial charge in [-0.2, -0.15) is 0 Å². The first-order valence-corrected chi connectivity index (χ1v) is 11.4. The average molecular weight is 476 g/mol. The van der Waals surface area contributed by atoms with E-state index in [4.69, 9.17) is 0 Å². The monoisotopic (exact) mass is 476 g/mol. The highest BCUT2D eigenvalue weighted by molar-refractivity contribution is 6.53. The number of aromatic hydroxyl groups is 1. The minimum atomic E-state index is -0.518. The lowest BCUT2D eigenvalue weighted by molar-refractivity contribution is -0.379. The van der Waals surface area contributed by atoms with Gasteiger partial charge in [-0.15, -0.1) is 4.58 Å². The molecule has 174 valence electrons. The quantitative estimate of drug-likeness (QED) is 0.440. The summed E-state index contributed by atoms with van der Waals surface area (Å²) in [5.41, 5.74) is 1.42. The summed E-state index contributed by atoms with van der Waals surface area (Å²) >= 11 is 0. The molecule has 2 aromatic carbocycles. The molecule has 2 aliphatic heterocycles. The number of carbonyl (C=O) groups is 3. The van der Waals surface area contributed by atoms with Crippen LogP contribution in [0.25, 0.3) is 10.9 Å². The molecule has 0 fully saturated rings. The zero-order valence-corrected chi connectivity index (χ0v) is 19.0. The van der Waals surface area contributed by atoms with Gasteiger partial charge < -0.3 is 5.11 Å². The minimum absolute atomic E-state index is 0.0190. The number of amides is 1. The molecule has 36 heavy (non-hydrogen) atoms. The third kappa shape index (κ3) is 3.15. The van der Waals surface area contributed by atoms with Crippen LogP contribution in [0.2, 0.25) is 0 Å². The number of Topliss-reactive ketones (excluding diaryl/α,β-unsaturated/α-hetero) is 1. The van der Waals surface area contributed by atoms with Gasteiger partial charge in [0.1, 0.15) is 17.7 Å². The zero-order valence-electron chi connectivity index (χ0n) is 19.0. The molecular weight excluding hydrogens is 456 g/mol. The van der Waals surface area contributed by atoms with Crippen LogP contribution < -0.4 is 4.99 Å². The van der Waals surface area contributed by atoms with Gasteiger partial charge in [-0.3, -0.25) is 19.1 Å². The SMILES string of the molecule is O=C1C(c2c(O)c3ccccc3n2C(=O)c2ccncc2)=[N+](C(=O)C2C=C[NH+]=CC2)c2ccccc21. The fourth-order valence-corrected chi connectivity index (χ4v) is 4.79. The predicted octanol–water partition coefficient (Wildman–Crippen LogP) is 1.97. The van der Waals surface area contributed by atoms with Crippen molar-refractivity contribution in [3.8, 4) is 5.75 Å². The van der Waals surface area contributed by atoms with E-state index in [0.717, 1.165) is 0 Å². The van der Waals surface area contributed by atoms with E-state index >= 15 is 0 Å². The molecule has 1 amide bonds. The highest BCUT2D eigenvalue weighted by Crippen LogP contribution is 2.38. The lowest BCUT2D eigenvalue weighted by Crippen LogP contribution is -2.63. The fourth-order valence-electron chi connectivity index (χ4n) is 4.79. The van der Waals surface area contributed by atoms with E-state index in [1.165, 1.54) is 21.5 Å². The molecule has 6 rings (SSSR count). The Hall–Kier alpha value is -4.98. The van der Waals surface area contributed by atoms with Crippen LogP contribution >= 0.6 is 0 Å². The molecule has 0 bridgehead atoms. The molecule has 2 aromatic heterocycles. The second-order valence-corrected chi connectivity index (χ2v) is 8.53. The number of pyridine rings is 1. The number of ketones is 1. The fraction of sp³-hybridized carbons (Fsp3) is 0.0714. The number of nitrogens with one attached hydrogen (secondary N) is 1. The van der Waals surface area contributed by atoms with Crippen LogP contribution in [-0.4, -0.2) is 48.8 Å². The number of hydrogen-bond acceptors (Lipinski definition) is 5. The van der Waals surface area contributed by atoms with Gasteiger partial charge in [-0.05, 0) is 36.4 Å². The van der Waals surface area contributed by atoms with Crippen molar-refractivity contribution in [1.82, 2.24) is 9.55 Å². The topological polar surface area (TPSA) is 106 Å². The van der Waals surface area contributed by atoms with Gasteiger partial charge in [0.25, 0.3) is 17.4 Å². The Labute approximate surface area is 205 Å². The van der Waals surface area contributed by atoms with E-state index in [1.807, 2.05) is 0 Å². The third-order valence-corrected chi connectivity index (χ3v) is 6.48. The number of benzene rings is 2. The Morgan fingerprint density at radius 3 is 2.56 bits per heavy atom. The zero-order chi connectivity index (χ0) is 24.8. The minimum Gasteiger partial charge on any atom is -0.505 e. The average Bonchev–Trinajstić information content (AvgIpc) is 3.39. The number of hydrogen-bond donors (Lipinski definition) is 2. The molecule has 1 atom stereocenters. The van der Waals surface area contributed by atoms with Gasteiger partial charge in [0.15, 0.2) is 17.6 Å². The molecule has 4 aromatic rings. The van der Waals surface area contributed by atoms with Gasteiger partial charge >= 0.3 is 5.91 Å². The number of rotatable bonds is 3. The normalized spacial score (nSPS) is 16.6. The van der Waals surface area contributed by atoms with Crippen LogP contribution in [0.4, 0.5) is 5.69 Å². The maximum Gasteiger partial charge on any atom is 0.401 e. The van der Waals surface area contributed by atoms with Crippen molar-refractivity contribution >= 4 is 46.1 Å². The summed E-state index contributed by atoms with van der Waals surface area (Å²) in [5.74, 6) is -1.99. The van der Waals surface area contributed by atoms with Crippen LogP contribution in [0.15, 0.2) is 85.3 Å². The molecule has 4 heterocycles. The van der Waals surface area contributed by atoms with Crippen LogP contribution in [0.1, 0.15) is 32.8 Å². The highest BCUT2D eigenvalue weighted by atomic mass is 16.3. The maximum absolute atomic E-state index is 13.8. The van der Waals surface area contributed by atoms with Crippen molar-refractivity contribution in [3.05, 3.63) is 102 Å². The Balaban J connectivity index is 1.68. The number of nitrogens with zero attached hydrogens (tertiary/aromatic N) is 3. The predicted molar refractivity (Wildman–Crippen MR) is 132 cm³/mol. The number of aromatic nitrogens is 2. The summed E-state index contributed by atoms with van der Waals surface area (Å²) in [6, 6.07) is 16.8. The van der Waals surface area contributed by atoms with E-state index in [1.54, 1.807) is 79.2 Å². The molecule has 0 radical (unpaired) electrons. The van der Waals surface area contributed by atoms with Crippen LogP contribution in [0.3, 0.4) is 0 Å². The van der Waals surface area contributed by atoms with Gasteiger partial charge in [-0.1, -0.05) is 24.3 Å². The van der Waals surface area contributed by atoms with Crippen molar-refractivity contribution in [2.75, 3.05) is 0 Å². The second-order valence-electron chi connectivity index (χ2n) is 8.53. The van der Waals surface area contributed by atoms with Crippen molar-refractivity contribution in [2.24, 2.45) is 5.92 Å². The molecule has 8 nitrogen and oxygen atoms in total. The number of fused-ring (bicyclic) bond motifs is 2. The maximum atomic E-state index is 13.8. The number of carbonyl (C=O) groups excluding carboxylic acids is 3. The summed E-state index contributed by atoms with van der Waals surface area (Å²) in [6.45, 7) is 0. The summed E-state index contributed by atoms with van der Waals surface area (Å²) < 4.78 is 2.65. The highest BCUT2D eigenvalue weighted by Gasteiger charge is 2.48. The Morgan fingerprint density at radius 2 is 1.78 bits per heavy atom. The summed E-state index contributed by atoms with van der Waals surface area (Å²) in [5, 5.41) is 11.8. The van der Waals surface area contributed by atoms with E-state index in [0.29, 0.717) is 34.1 Å². The first kappa shape index (κ1) is 21.5. The van der Waals surface area contributed by atoms with Crippen molar-refractivity contribution in [3.63, 3.8) is 0 Å². The lowest BCUT2D eigenvalue weighted by Gasteiger charge is -2.10. The van der Waals surface area contributed by atoms with E-state index in [9.17, 15) is 19.5 Å². The summed E-state index contributed by atoms with van der Waals surface area (Å²) in [4.78, 5) is 48.4. The lowest BCUT2D eigenvalue weighted by atomic mass is 10.0. The molecule has 0 aliphatic carbocycles. The van der Waals surface area contributed by atoms with Crippen molar-refractivity contribution in [2.45, 2.75) is 6.42 Å². The van der Waals surface area contributed by atoms with E-state index < -0.39 is 17.6 Å². The van der Waals surface area contributed by atoms with Gasteiger partial charge in [-0.25, -0.2) is 9.79 Å². The molecule has 0 saturated heterocycles. The molecule has 2 N–H and O–H groups in total. The third-order valence-electron chi connectivity index (χ3n) is 6.48. The Kier molecular flexibility index (Phi) is 5.00. The largest absolute Gasteiger partial charge is 0.505 e. The molecule has 8 heteroatoms. The summed E-state index contributed by atoms with van der Waals surface area (Å²) in [7, 11) is 0. The van der Waals surface area contributed by atoms with E-state index in [2.05, 4.69) is 9.98 Å². The van der Waals surface area contributed by atoms with Gasteiger partial charge in [0, 0.05) is 35.8 Å². The first-order chi connectivity index (χ1) is 17.6. The van der Waals surface area contributed by atoms with Gasteiger partial charge in [0.05, 0.1) is 5.52 Å². The van der Waals surface area contributed by atoms with Crippen molar-refractivity contribution in [1.29, 1.82) is 0 Å². The smallest absolute Gasteiger partial charge is 0.401 e. The standard InChI is InChI=1S/C28H18N4O4/c33-25-19-5-1-3-7-21(19)31(27(35)17-9-13-29-14-10-17)23(25)24-26(34)20-6-2-4-8-22(20)32(24)28(36)18-11-15-30-16-12-18/h1-11,13-16,18H,12H2/p+2. The van der Waals surface area contributed by atoms with Crippen LogP contribution in [0.5, 0.6) is 5.75 Å². The second kappa shape index (κ2) is 8.35. The van der Waals surface area contributed by atoms with Crippen LogP contribution in [0, 0.1) is 5.92 Å². The van der Waals surface area contributed by atoms with Crippen LogP contribution in [-0.2, 0) is 4.79 Å².